The molecule has 0 fully saturated rings. The number of ketones is 1. The Morgan fingerprint density at radius 2 is 1.76 bits per heavy atom. The van der Waals surface area contributed by atoms with Crippen LogP contribution >= 0.6 is 0 Å². The maximum atomic E-state index is 13.7. The number of hydrogen-bond donors (Lipinski definition) is 0. The predicted octanol–water partition coefficient (Wildman–Crippen LogP) is 4.90. The number of nitrogens with zero attached hydrogens (tertiary/aromatic N) is 3. The van der Waals surface area contributed by atoms with Gasteiger partial charge in [-0.05, 0) is 42.5 Å². The molecular weight excluding hydrogens is 372 g/mol. The summed E-state index contributed by atoms with van der Waals surface area (Å²) in [4.78, 5) is 17.6. The third-order valence-corrected chi connectivity index (χ3v) is 5.45. The maximum Gasteiger partial charge on any atom is 0.166 e. The van der Waals surface area contributed by atoms with Gasteiger partial charge in [0, 0.05) is 24.2 Å². The van der Waals surface area contributed by atoms with Gasteiger partial charge in [0.05, 0.1) is 17.0 Å². The van der Waals surface area contributed by atoms with E-state index < -0.39 is 11.6 Å². The van der Waals surface area contributed by atoms with E-state index in [4.69, 9.17) is 4.98 Å². The van der Waals surface area contributed by atoms with Gasteiger partial charge in [-0.25, -0.2) is 18.3 Å². The molecule has 1 aliphatic carbocycles. The Bertz CT molecular complexity index is 1240. The van der Waals surface area contributed by atoms with Crippen LogP contribution in [0.4, 0.5) is 8.78 Å². The van der Waals surface area contributed by atoms with Crippen molar-refractivity contribution in [1.82, 2.24) is 14.6 Å². The molecule has 5 rings (SSSR count). The minimum Gasteiger partial charge on any atom is -0.294 e. The predicted molar refractivity (Wildman–Crippen MR) is 105 cm³/mol. The van der Waals surface area contributed by atoms with Gasteiger partial charge in [-0.15, -0.1) is 0 Å². The number of carbonyl (C=O) groups excluding carboxylic acids is 1. The molecule has 4 nitrogen and oxygen atoms in total. The fourth-order valence-corrected chi connectivity index (χ4v) is 4.13. The number of carbonyl (C=O) groups is 1. The van der Waals surface area contributed by atoms with Crippen LogP contribution in [0.2, 0.25) is 0 Å². The summed E-state index contributed by atoms with van der Waals surface area (Å²) in [7, 11) is 0. The summed E-state index contributed by atoms with van der Waals surface area (Å²) in [5.74, 6) is -1.68. The smallest absolute Gasteiger partial charge is 0.166 e. The Morgan fingerprint density at radius 1 is 1.03 bits per heavy atom. The monoisotopic (exact) mass is 389 g/mol. The molecule has 2 aromatic heterocycles. The summed E-state index contributed by atoms with van der Waals surface area (Å²) in [5, 5.41) is 4.54. The van der Waals surface area contributed by atoms with Crippen LogP contribution in [-0.4, -0.2) is 20.4 Å². The number of fused-ring (bicyclic) bond motifs is 2. The van der Waals surface area contributed by atoms with Crippen molar-refractivity contribution in [2.24, 2.45) is 0 Å². The van der Waals surface area contributed by atoms with Crippen LogP contribution in [0.15, 0.2) is 54.7 Å². The lowest BCUT2D eigenvalue weighted by atomic mass is 9.82. The van der Waals surface area contributed by atoms with E-state index in [2.05, 4.69) is 5.10 Å². The van der Waals surface area contributed by atoms with Crippen LogP contribution in [0.5, 0.6) is 0 Å². The van der Waals surface area contributed by atoms with Gasteiger partial charge in [-0.3, -0.25) is 4.79 Å². The normalized spacial score (nSPS) is 16.2. The second kappa shape index (κ2) is 6.58. The van der Waals surface area contributed by atoms with Gasteiger partial charge in [-0.2, -0.15) is 5.10 Å². The van der Waals surface area contributed by atoms with Crippen LogP contribution in [0.25, 0.3) is 16.8 Å². The molecule has 0 amide bonds. The van der Waals surface area contributed by atoms with Crippen molar-refractivity contribution in [3.8, 4) is 11.1 Å². The molecule has 0 spiro atoms. The molecule has 1 aliphatic rings. The minimum absolute atomic E-state index is 0.0928. The molecule has 0 aliphatic heterocycles. The molecule has 0 saturated heterocycles. The highest BCUT2D eigenvalue weighted by atomic mass is 19.1. The van der Waals surface area contributed by atoms with Crippen molar-refractivity contribution in [2.45, 2.75) is 25.7 Å². The van der Waals surface area contributed by atoms with Gasteiger partial charge in [0.1, 0.15) is 11.6 Å². The third kappa shape index (κ3) is 3.01. The number of Topliss-reactive ketones (excluding diaryl/α,β-unsaturated/α-hetero) is 1. The summed E-state index contributed by atoms with van der Waals surface area (Å²) in [6.45, 7) is 1.91. The highest BCUT2D eigenvalue weighted by Crippen LogP contribution is 2.34. The van der Waals surface area contributed by atoms with E-state index in [9.17, 15) is 13.6 Å². The Kier molecular flexibility index (Phi) is 4.01. The largest absolute Gasteiger partial charge is 0.294 e. The van der Waals surface area contributed by atoms with Crippen molar-refractivity contribution < 1.29 is 13.6 Å². The van der Waals surface area contributed by atoms with Crippen LogP contribution < -0.4 is 0 Å². The zero-order valence-electron chi connectivity index (χ0n) is 15.7. The second-order valence-electron chi connectivity index (χ2n) is 7.43. The van der Waals surface area contributed by atoms with Gasteiger partial charge < -0.3 is 0 Å². The highest BCUT2D eigenvalue weighted by molar-refractivity contribution is 5.99. The molecule has 0 N–H and O–H groups in total. The molecule has 0 radical (unpaired) electrons. The SMILES string of the molecule is Cc1nn2cc3c(nc2c1-c1ccccc1)CC(c1cc(F)cc(F)c1)CC3=O. The molecule has 1 unspecified atom stereocenters. The van der Waals surface area contributed by atoms with Crippen LogP contribution in [0.3, 0.4) is 0 Å². The lowest BCUT2D eigenvalue weighted by Gasteiger charge is -2.23. The Morgan fingerprint density at radius 3 is 2.48 bits per heavy atom. The topological polar surface area (TPSA) is 47.3 Å². The average molecular weight is 389 g/mol. The Labute approximate surface area is 165 Å². The summed E-state index contributed by atoms with van der Waals surface area (Å²) < 4.78 is 29.0. The molecular formula is C23H17F2N3O. The van der Waals surface area contributed by atoms with Crippen molar-refractivity contribution in [3.63, 3.8) is 0 Å². The summed E-state index contributed by atoms with van der Waals surface area (Å²) in [6, 6.07) is 13.3. The van der Waals surface area contributed by atoms with E-state index in [1.54, 1.807) is 10.7 Å². The first-order valence-electron chi connectivity index (χ1n) is 9.43. The zero-order valence-corrected chi connectivity index (χ0v) is 15.7. The van der Waals surface area contributed by atoms with Gasteiger partial charge >= 0.3 is 0 Å². The fourth-order valence-electron chi connectivity index (χ4n) is 4.13. The molecule has 144 valence electrons. The standard InChI is InChI=1S/C23H17F2N3O/c1-13-22(14-5-3-2-4-6-14)23-26-20-9-16(15-7-17(24)11-18(25)8-15)10-21(29)19(20)12-28(23)27-13/h2-8,11-12,16H,9-10H2,1H3. The van der Waals surface area contributed by atoms with Crippen molar-refractivity contribution in [2.75, 3.05) is 0 Å². The molecule has 0 saturated carbocycles. The van der Waals surface area contributed by atoms with Crippen LogP contribution in [-0.2, 0) is 6.42 Å². The minimum atomic E-state index is -0.639. The van der Waals surface area contributed by atoms with E-state index in [0.29, 0.717) is 28.9 Å². The van der Waals surface area contributed by atoms with Crippen molar-refractivity contribution >= 4 is 11.4 Å². The second-order valence-corrected chi connectivity index (χ2v) is 7.43. The fraction of sp³-hybridized carbons (Fsp3) is 0.174. The number of aryl methyl sites for hydroxylation is 1. The van der Waals surface area contributed by atoms with Crippen molar-refractivity contribution in [3.05, 3.63) is 88.9 Å². The summed E-state index contributed by atoms with van der Waals surface area (Å²) in [6.07, 6.45) is 2.36. The quantitative estimate of drug-likeness (QED) is 0.490. The van der Waals surface area contributed by atoms with E-state index in [-0.39, 0.29) is 18.1 Å². The van der Waals surface area contributed by atoms with E-state index in [0.717, 1.165) is 22.9 Å². The Hall–Kier alpha value is -3.41. The summed E-state index contributed by atoms with van der Waals surface area (Å²) >= 11 is 0. The van der Waals surface area contributed by atoms with Gasteiger partial charge in [0.15, 0.2) is 11.4 Å². The Balaban J connectivity index is 1.63. The highest BCUT2D eigenvalue weighted by Gasteiger charge is 2.29. The van der Waals surface area contributed by atoms with E-state index >= 15 is 0 Å². The first-order chi connectivity index (χ1) is 14.0. The molecule has 2 heterocycles. The molecule has 0 bridgehead atoms. The van der Waals surface area contributed by atoms with Gasteiger partial charge in [-0.1, -0.05) is 30.3 Å². The number of benzene rings is 2. The average Bonchev–Trinajstić information content (AvgIpc) is 3.01. The lowest BCUT2D eigenvalue weighted by Crippen LogP contribution is -2.21. The maximum absolute atomic E-state index is 13.7. The van der Waals surface area contributed by atoms with Gasteiger partial charge in [0.2, 0.25) is 0 Å². The molecule has 4 aromatic rings. The number of aromatic nitrogens is 3. The first-order valence-corrected chi connectivity index (χ1v) is 9.43. The van der Waals surface area contributed by atoms with Crippen LogP contribution in [0.1, 0.15) is 39.6 Å². The molecule has 2 aromatic carbocycles. The number of rotatable bonds is 2. The third-order valence-electron chi connectivity index (χ3n) is 5.45. The van der Waals surface area contributed by atoms with E-state index in [1.807, 2.05) is 37.3 Å². The molecule has 6 heteroatoms. The van der Waals surface area contributed by atoms with Gasteiger partial charge in [0.25, 0.3) is 0 Å². The van der Waals surface area contributed by atoms with Crippen LogP contribution in [0, 0.1) is 18.6 Å². The van der Waals surface area contributed by atoms with Crippen molar-refractivity contribution in [1.29, 1.82) is 0 Å². The lowest BCUT2D eigenvalue weighted by molar-refractivity contribution is 0.0962. The number of halogens is 2. The molecule has 1 atom stereocenters. The summed E-state index contributed by atoms with van der Waals surface area (Å²) in [5.41, 5.74) is 5.05. The zero-order chi connectivity index (χ0) is 20.1. The first kappa shape index (κ1) is 17.7. The van der Waals surface area contributed by atoms with E-state index in [1.165, 1.54) is 12.1 Å². The number of hydrogen-bond acceptors (Lipinski definition) is 3. The molecule has 29 heavy (non-hydrogen) atoms.